The molecule has 2 aliphatic carbocycles. The fourth-order valence-electron chi connectivity index (χ4n) is 6.45. The lowest BCUT2D eigenvalue weighted by molar-refractivity contribution is 0.738. The predicted molar refractivity (Wildman–Crippen MR) is 152 cm³/mol. The van der Waals surface area contributed by atoms with Crippen LogP contribution in [0.15, 0.2) is 109 Å². The summed E-state index contributed by atoms with van der Waals surface area (Å²) in [5.74, 6) is 0.348. The predicted octanol–water partition coefficient (Wildman–Crippen LogP) is 8.86. The van der Waals surface area contributed by atoms with Crippen molar-refractivity contribution >= 4 is 16.9 Å². The molecule has 4 aromatic carbocycles. The van der Waals surface area contributed by atoms with Crippen LogP contribution in [0, 0.1) is 0 Å². The molecule has 1 nitrogen and oxygen atoms in total. The minimum atomic E-state index is 0.309. The Balaban J connectivity index is 1.29. The molecular weight excluding hydrogens is 434 g/mol. The van der Waals surface area contributed by atoms with Crippen LogP contribution in [0.4, 0.5) is 11.4 Å². The van der Waals surface area contributed by atoms with Crippen molar-refractivity contribution < 1.29 is 0 Å². The second-order valence-electron chi connectivity index (χ2n) is 10.4. The molecule has 0 amide bonds. The molecular formula is C35H31N. The van der Waals surface area contributed by atoms with Gasteiger partial charge in [0.15, 0.2) is 0 Å². The average Bonchev–Trinajstić information content (AvgIpc) is 3.47. The highest BCUT2D eigenvalue weighted by Crippen LogP contribution is 2.50. The van der Waals surface area contributed by atoms with Crippen LogP contribution >= 0.6 is 0 Å². The second kappa shape index (κ2) is 8.68. The van der Waals surface area contributed by atoms with Crippen LogP contribution in [0.2, 0.25) is 0 Å². The van der Waals surface area contributed by atoms with Gasteiger partial charge in [0, 0.05) is 17.3 Å². The smallest absolute Gasteiger partial charge is 0.0630 e. The number of unbranched alkanes of at least 4 members (excludes halogenated alkanes) is 1. The van der Waals surface area contributed by atoms with Gasteiger partial charge in [-0.25, -0.2) is 0 Å². The first kappa shape index (κ1) is 21.4. The van der Waals surface area contributed by atoms with Crippen molar-refractivity contribution in [1.82, 2.24) is 0 Å². The first-order valence-corrected chi connectivity index (χ1v) is 13.4. The van der Waals surface area contributed by atoms with E-state index >= 15 is 0 Å². The van der Waals surface area contributed by atoms with E-state index in [2.05, 4.69) is 121 Å². The third kappa shape index (κ3) is 3.38. The lowest BCUT2D eigenvalue weighted by Gasteiger charge is -2.31. The van der Waals surface area contributed by atoms with Crippen molar-refractivity contribution in [2.24, 2.45) is 0 Å². The Morgan fingerprint density at radius 1 is 0.778 bits per heavy atom. The van der Waals surface area contributed by atoms with Crippen molar-refractivity contribution in [2.75, 3.05) is 4.90 Å². The summed E-state index contributed by atoms with van der Waals surface area (Å²) in [5, 5.41) is 0. The highest BCUT2D eigenvalue weighted by Gasteiger charge is 2.38. The number of anilines is 2. The minimum Gasteiger partial charge on any atom is -0.333 e. The fourth-order valence-corrected chi connectivity index (χ4v) is 6.45. The highest BCUT2D eigenvalue weighted by molar-refractivity contribution is 5.86. The summed E-state index contributed by atoms with van der Waals surface area (Å²) in [6.07, 6.45) is 11.9. The topological polar surface area (TPSA) is 3.24 Å². The molecule has 0 N–H and O–H groups in total. The molecule has 0 spiro atoms. The van der Waals surface area contributed by atoms with E-state index < -0.39 is 0 Å². The van der Waals surface area contributed by atoms with Gasteiger partial charge in [-0.3, -0.25) is 0 Å². The Labute approximate surface area is 214 Å². The van der Waals surface area contributed by atoms with Gasteiger partial charge in [0.25, 0.3) is 0 Å². The molecule has 176 valence electrons. The molecule has 2 atom stereocenters. The number of fused-ring (bicyclic) bond motifs is 6. The van der Waals surface area contributed by atoms with Crippen LogP contribution < -0.4 is 4.90 Å². The molecule has 1 heteroatoms. The summed E-state index contributed by atoms with van der Waals surface area (Å²) in [6, 6.07) is 34.3. The number of hydrogen-bond acceptors (Lipinski definition) is 1. The molecule has 4 aromatic rings. The number of rotatable bonds is 5. The van der Waals surface area contributed by atoms with Crippen LogP contribution in [0.5, 0.6) is 0 Å². The Morgan fingerprint density at radius 2 is 1.56 bits per heavy atom. The van der Waals surface area contributed by atoms with Gasteiger partial charge in [-0.2, -0.15) is 0 Å². The second-order valence-corrected chi connectivity index (χ2v) is 10.4. The normalized spacial score (nSPS) is 18.9. The molecule has 36 heavy (non-hydrogen) atoms. The van der Waals surface area contributed by atoms with Gasteiger partial charge >= 0.3 is 0 Å². The van der Waals surface area contributed by atoms with Gasteiger partial charge in [-0.15, -0.1) is 0 Å². The van der Waals surface area contributed by atoms with E-state index in [9.17, 15) is 0 Å². The van der Waals surface area contributed by atoms with Crippen LogP contribution in [0.3, 0.4) is 0 Å². The van der Waals surface area contributed by atoms with Gasteiger partial charge in [-0.05, 0) is 82.0 Å². The van der Waals surface area contributed by atoms with E-state index in [4.69, 9.17) is 0 Å². The molecule has 1 aliphatic heterocycles. The zero-order valence-corrected chi connectivity index (χ0v) is 20.8. The summed E-state index contributed by atoms with van der Waals surface area (Å²) in [5.41, 5.74) is 13.9. The van der Waals surface area contributed by atoms with E-state index in [0.29, 0.717) is 12.0 Å². The van der Waals surface area contributed by atoms with Crippen molar-refractivity contribution in [3.8, 4) is 11.1 Å². The summed E-state index contributed by atoms with van der Waals surface area (Å²) >= 11 is 0. The monoisotopic (exact) mass is 465 g/mol. The van der Waals surface area contributed by atoms with Gasteiger partial charge in [-0.1, -0.05) is 104 Å². The summed E-state index contributed by atoms with van der Waals surface area (Å²) < 4.78 is 0. The Morgan fingerprint density at radius 3 is 2.47 bits per heavy atom. The Bertz CT molecular complexity index is 1520. The lowest BCUT2D eigenvalue weighted by Crippen LogP contribution is -2.29. The molecule has 1 heterocycles. The van der Waals surface area contributed by atoms with Crippen molar-refractivity contribution in [2.45, 2.75) is 44.6 Å². The lowest BCUT2D eigenvalue weighted by atomic mass is 9.85. The zero-order valence-electron chi connectivity index (χ0n) is 20.8. The Kier molecular flexibility index (Phi) is 5.17. The van der Waals surface area contributed by atoms with Gasteiger partial charge < -0.3 is 4.90 Å². The number of aryl methyl sites for hydroxylation is 1. The standard InChI is InChI=1S/C35H31N/c1-2-3-10-24-11-5-8-15-33(24)36-34-16-9-7-14-30(34)32-23-26(19-20-35(32)36)25-17-18-28-21-27-12-4-6-13-29(27)31(28)22-25/h4-9,11-20,22-23,32,35H,2-3,10,21H2,1H3. The fraction of sp³-hybridized carbons (Fsp3) is 0.200. The van der Waals surface area contributed by atoms with E-state index in [0.717, 1.165) is 12.8 Å². The molecule has 0 radical (unpaired) electrons. The van der Waals surface area contributed by atoms with Crippen LogP contribution in [-0.4, -0.2) is 6.04 Å². The molecule has 0 fully saturated rings. The maximum Gasteiger partial charge on any atom is 0.0630 e. The van der Waals surface area contributed by atoms with Gasteiger partial charge in [0.05, 0.1) is 6.04 Å². The SMILES string of the molecule is CCCCc1ccccc1N1c2ccccc2C2C=C(c3ccc4c(c3)-c3ccccc3C4)C=CC21. The summed E-state index contributed by atoms with van der Waals surface area (Å²) in [7, 11) is 0. The maximum atomic E-state index is 2.59. The number of hydrogen-bond donors (Lipinski definition) is 0. The quantitative estimate of drug-likeness (QED) is 0.250. The third-order valence-corrected chi connectivity index (χ3v) is 8.24. The molecule has 0 bridgehead atoms. The zero-order chi connectivity index (χ0) is 24.1. The van der Waals surface area contributed by atoms with E-state index in [1.807, 2.05) is 0 Å². The number of para-hydroxylation sites is 2. The van der Waals surface area contributed by atoms with Crippen molar-refractivity contribution in [3.63, 3.8) is 0 Å². The van der Waals surface area contributed by atoms with Crippen LogP contribution in [0.1, 0.15) is 53.5 Å². The average molecular weight is 466 g/mol. The van der Waals surface area contributed by atoms with Gasteiger partial charge in [0.1, 0.15) is 0 Å². The van der Waals surface area contributed by atoms with Gasteiger partial charge in [0.2, 0.25) is 0 Å². The van der Waals surface area contributed by atoms with E-state index in [-0.39, 0.29) is 0 Å². The van der Waals surface area contributed by atoms with E-state index in [1.54, 1.807) is 0 Å². The number of benzene rings is 4. The van der Waals surface area contributed by atoms with Crippen molar-refractivity contribution in [1.29, 1.82) is 0 Å². The molecule has 0 aromatic heterocycles. The molecule has 0 saturated carbocycles. The molecule has 7 rings (SSSR count). The first-order chi connectivity index (χ1) is 17.8. The minimum absolute atomic E-state index is 0.309. The van der Waals surface area contributed by atoms with Crippen LogP contribution in [0.25, 0.3) is 16.7 Å². The summed E-state index contributed by atoms with van der Waals surface area (Å²) in [6.45, 7) is 2.28. The molecule has 2 unspecified atom stereocenters. The molecule has 3 aliphatic rings. The van der Waals surface area contributed by atoms with E-state index in [1.165, 1.54) is 68.7 Å². The largest absolute Gasteiger partial charge is 0.333 e. The number of nitrogens with zero attached hydrogens (tertiary/aromatic N) is 1. The first-order valence-electron chi connectivity index (χ1n) is 13.4. The summed E-state index contributed by atoms with van der Waals surface area (Å²) in [4.78, 5) is 2.59. The van der Waals surface area contributed by atoms with Crippen molar-refractivity contribution in [3.05, 3.63) is 137 Å². The number of allylic oxidation sites excluding steroid dienone is 2. The Hall–Kier alpha value is -3.84. The maximum absolute atomic E-state index is 2.59. The third-order valence-electron chi connectivity index (χ3n) is 8.24. The molecule has 0 saturated heterocycles. The highest BCUT2D eigenvalue weighted by atomic mass is 15.2. The van der Waals surface area contributed by atoms with Crippen LogP contribution in [-0.2, 0) is 12.8 Å².